The number of methoxy groups -OCH3 is 1. The highest BCUT2D eigenvalue weighted by Crippen LogP contribution is 2.54. The van der Waals surface area contributed by atoms with Crippen molar-refractivity contribution in [2.75, 3.05) is 13.7 Å². The summed E-state index contributed by atoms with van der Waals surface area (Å²) in [7, 11) is 1.55. The molecular weight excluding hydrogens is 676 g/mol. The van der Waals surface area contributed by atoms with Crippen LogP contribution in [0.25, 0.3) is 0 Å². The number of ether oxygens (including phenoxy) is 10. The van der Waals surface area contributed by atoms with Crippen LogP contribution < -0.4 is 0 Å². The molecule has 10 saturated heterocycles. The Morgan fingerprint density at radius 1 is 0.788 bits per heavy atom. The van der Waals surface area contributed by atoms with Gasteiger partial charge in [-0.25, -0.2) is 0 Å². The molecule has 1 spiro atoms. The summed E-state index contributed by atoms with van der Waals surface area (Å²) < 4.78 is 65.6. The number of aliphatic hydroxyl groups excluding tert-OH is 2. The van der Waals surface area contributed by atoms with Crippen LogP contribution in [0, 0.1) is 5.92 Å². The molecule has 0 radical (unpaired) electrons. The zero-order valence-corrected chi connectivity index (χ0v) is 30.4. The first-order valence-corrected chi connectivity index (χ1v) is 19.8. The molecule has 0 aromatic carbocycles. The van der Waals surface area contributed by atoms with Crippen LogP contribution in [-0.2, 0) is 52.2 Å². The van der Waals surface area contributed by atoms with E-state index in [1.807, 2.05) is 0 Å². The van der Waals surface area contributed by atoms with E-state index >= 15 is 0 Å². The lowest BCUT2D eigenvalue weighted by molar-refractivity contribution is -0.293. The van der Waals surface area contributed by atoms with Crippen molar-refractivity contribution in [2.24, 2.45) is 5.92 Å². The molecule has 52 heavy (non-hydrogen) atoms. The summed E-state index contributed by atoms with van der Waals surface area (Å²) in [4.78, 5) is 13.8. The van der Waals surface area contributed by atoms with Gasteiger partial charge in [0.15, 0.2) is 11.9 Å². The second kappa shape index (κ2) is 14.2. The van der Waals surface area contributed by atoms with Gasteiger partial charge in [-0.2, -0.15) is 0 Å². The summed E-state index contributed by atoms with van der Waals surface area (Å²) in [6.07, 6.45) is 1.15. The standard InChI is InChI=1S/C39H56O13/c1-18-11-22-5-7-25-19(2)12-24(44-25)9-10-39-16-30-35(51-39)36-37(49-30)38(52-39)33-26(48-36)8-6-23(46-33)14-31(42)50-34-29(15-27(45-22)20(18)3)47-28(32(34)43-4)13-21(41)17-40/h18,21-30,32-38,40-41H,2-3,5-17H2,1,4H3/t18-,21-,22+,23-,24+,25+,26+,27-,28-,29?,30+,32+,33+,34+,35-,36+,37-,38+,39+/m1/s1. The number of rotatable bonds is 4. The van der Waals surface area contributed by atoms with Gasteiger partial charge in [-0.1, -0.05) is 20.1 Å². The topological polar surface area (TPSA) is 150 Å². The SMILES string of the molecule is C=C1C[C@@H]2CC[C@@]34C[C@@H]5O[C@H]6[C@@H](O3)[C@H]3O[C@H](CC[C@@H]3O[C@H]6[C@@H]5O4)CC(=O)O[C@H]3C(C[C@H]4O[C@@H](CC[C@@H]1O2)C[C@@H](C)C4=C)O[C@H](C[C@@H](O)CO)[C@@H]3OC. The predicted octanol–water partition coefficient (Wildman–Crippen LogP) is 2.81. The summed E-state index contributed by atoms with van der Waals surface area (Å²) in [6.45, 7) is 10.6. The Balaban J connectivity index is 0.994. The highest BCUT2D eigenvalue weighted by Gasteiger charge is 2.68. The van der Waals surface area contributed by atoms with Crippen molar-refractivity contribution >= 4 is 5.97 Å². The Morgan fingerprint density at radius 2 is 1.54 bits per heavy atom. The summed E-state index contributed by atoms with van der Waals surface area (Å²) in [5.74, 6) is -1.01. The predicted molar refractivity (Wildman–Crippen MR) is 181 cm³/mol. The molecule has 13 nitrogen and oxygen atoms in total. The van der Waals surface area contributed by atoms with Crippen molar-refractivity contribution in [2.45, 2.75) is 194 Å². The van der Waals surface area contributed by atoms with Crippen molar-refractivity contribution in [3.8, 4) is 0 Å². The van der Waals surface area contributed by atoms with Gasteiger partial charge in [0.25, 0.3) is 0 Å². The molecular formula is C39H56O13. The third kappa shape index (κ3) is 6.53. The molecule has 12 bridgehead atoms. The molecule has 10 fully saturated rings. The van der Waals surface area contributed by atoms with Gasteiger partial charge < -0.3 is 57.6 Å². The van der Waals surface area contributed by atoms with Gasteiger partial charge in [0.1, 0.15) is 42.7 Å². The molecule has 19 atom stereocenters. The Labute approximate surface area is 305 Å². The second-order valence-electron chi connectivity index (χ2n) is 16.9. The normalized spacial score (nSPS) is 52.2. The molecule has 10 aliphatic rings. The molecule has 0 aromatic rings. The maximum atomic E-state index is 13.8. The van der Waals surface area contributed by atoms with Crippen LogP contribution in [0.2, 0.25) is 0 Å². The second-order valence-corrected chi connectivity index (χ2v) is 16.9. The van der Waals surface area contributed by atoms with E-state index in [0.717, 1.165) is 43.3 Å². The summed E-state index contributed by atoms with van der Waals surface area (Å²) in [6, 6.07) is 0. The highest BCUT2D eigenvalue weighted by molar-refractivity contribution is 5.70. The minimum atomic E-state index is -1.01. The van der Waals surface area contributed by atoms with Gasteiger partial charge >= 0.3 is 5.97 Å². The van der Waals surface area contributed by atoms with E-state index in [9.17, 15) is 15.0 Å². The number of fused-ring (bicyclic) bond motifs is 6. The van der Waals surface area contributed by atoms with Crippen molar-refractivity contribution in [3.05, 3.63) is 24.3 Å². The van der Waals surface area contributed by atoms with Crippen molar-refractivity contribution in [3.63, 3.8) is 0 Å². The molecule has 0 aromatic heterocycles. The van der Waals surface area contributed by atoms with E-state index in [1.165, 1.54) is 0 Å². The quantitative estimate of drug-likeness (QED) is 0.323. The lowest BCUT2D eigenvalue weighted by atomic mass is 9.84. The number of carbonyl (C=O) groups is 1. The van der Waals surface area contributed by atoms with Crippen LogP contribution >= 0.6 is 0 Å². The van der Waals surface area contributed by atoms with Crippen LogP contribution in [0.1, 0.15) is 84.0 Å². The third-order valence-corrected chi connectivity index (χ3v) is 13.5. The largest absolute Gasteiger partial charge is 0.457 e. The number of hydrogen-bond acceptors (Lipinski definition) is 13. The molecule has 10 aliphatic heterocycles. The molecule has 0 saturated carbocycles. The molecule has 13 heteroatoms. The molecule has 10 rings (SSSR count). The van der Waals surface area contributed by atoms with Crippen LogP contribution in [0.3, 0.4) is 0 Å². The highest BCUT2D eigenvalue weighted by atomic mass is 16.8. The summed E-state index contributed by atoms with van der Waals surface area (Å²) in [5, 5.41) is 20.0. The fourth-order valence-electron chi connectivity index (χ4n) is 10.8. The van der Waals surface area contributed by atoms with Gasteiger partial charge in [0.05, 0.1) is 68.0 Å². The van der Waals surface area contributed by atoms with Gasteiger partial charge in [-0.3, -0.25) is 4.79 Å². The average molecular weight is 733 g/mol. The third-order valence-electron chi connectivity index (χ3n) is 13.5. The molecule has 2 N–H and O–H groups in total. The molecule has 0 aliphatic carbocycles. The number of hydrogen-bond donors (Lipinski definition) is 2. The Hall–Kier alpha value is -1.49. The summed E-state index contributed by atoms with van der Waals surface area (Å²) >= 11 is 0. The first kappa shape index (κ1) is 36.2. The molecule has 1 unspecified atom stereocenters. The van der Waals surface area contributed by atoms with Crippen LogP contribution in [0.4, 0.5) is 0 Å². The fraction of sp³-hybridized carbons (Fsp3) is 0.872. The van der Waals surface area contributed by atoms with Crippen molar-refractivity contribution < 1.29 is 62.4 Å². The lowest BCUT2D eigenvalue weighted by Crippen LogP contribution is -2.61. The van der Waals surface area contributed by atoms with Crippen molar-refractivity contribution in [1.82, 2.24) is 0 Å². The lowest BCUT2D eigenvalue weighted by Gasteiger charge is -2.47. The van der Waals surface area contributed by atoms with Gasteiger partial charge in [-0.15, -0.1) is 0 Å². The van der Waals surface area contributed by atoms with Crippen LogP contribution in [0.15, 0.2) is 24.3 Å². The maximum absolute atomic E-state index is 13.8. The minimum Gasteiger partial charge on any atom is -0.457 e. The smallest absolute Gasteiger partial charge is 0.308 e. The minimum absolute atomic E-state index is 0.0122. The van der Waals surface area contributed by atoms with Gasteiger partial charge in [0, 0.05) is 32.8 Å². The van der Waals surface area contributed by atoms with E-state index in [4.69, 9.17) is 47.4 Å². The van der Waals surface area contributed by atoms with E-state index in [0.29, 0.717) is 32.1 Å². The first-order chi connectivity index (χ1) is 25.1. The zero-order valence-electron chi connectivity index (χ0n) is 30.4. The van der Waals surface area contributed by atoms with E-state index in [-0.39, 0.29) is 79.8 Å². The summed E-state index contributed by atoms with van der Waals surface area (Å²) in [5.41, 5.74) is 2.10. The number of esters is 1. The van der Waals surface area contributed by atoms with E-state index < -0.39 is 61.1 Å². The van der Waals surface area contributed by atoms with Crippen LogP contribution in [-0.4, -0.2) is 139 Å². The first-order valence-electron chi connectivity index (χ1n) is 19.8. The van der Waals surface area contributed by atoms with Crippen molar-refractivity contribution in [1.29, 1.82) is 0 Å². The van der Waals surface area contributed by atoms with E-state index in [1.54, 1.807) is 7.11 Å². The maximum Gasteiger partial charge on any atom is 0.308 e. The monoisotopic (exact) mass is 732 g/mol. The fourth-order valence-corrected chi connectivity index (χ4v) is 10.8. The molecule has 10 heterocycles. The van der Waals surface area contributed by atoms with Gasteiger partial charge in [-0.05, 0) is 62.0 Å². The molecule has 0 amide bonds. The number of carbonyl (C=O) groups excluding carboxylic acids is 1. The van der Waals surface area contributed by atoms with E-state index in [2.05, 4.69) is 20.1 Å². The Morgan fingerprint density at radius 3 is 2.37 bits per heavy atom. The van der Waals surface area contributed by atoms with Crippen LogP contribution in [0.5, 0.6) is 0 Å². The zero-order chi connectivity index (χ0) is 35.9. The molecule has 290 valence electrons. The Kier molecular flexibility index (Phi) is 9.89. The van der Waals surface area contributed by atoms with Gasteiger partial charge in [0.2, 0.25) is 0 Å². The average Bonchev–Trinajstić information content (AvgIpc) is 3.79. The Bertz CT molecular complexity index is 1380. The number of aliphatic hydroxyl groups is 2.